The topological polar surface area (TPSA) is 67.1 Å². The van der Waals surface area contributed by atoms with Crippen LogP contribution in [0, 0.1) is 6.92 Å². The highest BCUT2D eigenvalue weighted by atomic mass is 15.3. The van der Waals surface area contributed by atoms with E-state index in [1.165, 1.54) is 11.1 Å². The smallest absolute Gasteiger partial charge is 0.191 e. The molecule has 0 aliphatic carbocycles. The summed E-state index contributed by atoms with van der Waals surface area (Å²) in [6, 6.07) is 8.72. The second kappa shape index (κ2) is 9.36. The van der Waals surface area contributed by atoms with Gasteiger partial charge in [0.15, 0.2) is 5.96 Å². The zero-order valence-electron chi connectivity index (χ0n) is 16.7. The average Bonchev–Trinajstić information content (AvgIpc) is 3.07. The highest BCUT2D eigenvalue weighted by Crippen LogP contribution is 2.23. The number of aliphatic imine (C=N–C) groups is 1. The molecule has 0 spiro atoms. The molecule has 0 aliphatic heterocycles. The van der Waals surface area contributed by atoms with Crippen molar-refractivity contribution in [1.29, 1.82) is 0 Å². The molecular weight excluding hydrogens is 324 g/mol. The lowest BCUT2D eigenvalue weighted by molar-refractivity contribution is 0.536. The monoisotopic (exact) mass is 356 g/mol. The fourth-order valence-electron chi connectivity index (χ4n) is 2.75. The van der Waals surface area contributed by atoms with Crippen molar-refractivity contribution >= 4 is 5.96 Å². The van der Waals surface area contributed by atoms with Gasteiger partial charge in [-0.2, -0.15) is 0 Å². The van der Waals surface area contributed by atoms with Gasteiger partial charge in [-0.05, 0) is 19.4 Å². The third kappa shape index (κ3) is 5.58. The molecule has 0 saturated carbocycles. The van der Waals surface area contributed by atoms with Crippen LogP contribution in [0.2, 0.25) is 0 Å². The summed E-state index contributed by atoms with van der Waals surface area (Å²) in [5.74, 6) is 1.85. The van der Waals surface area contributed by atoms with Crippen LogP contribution in [0.5, 0.6) is 0 Å². The maximum absolute atomic E-state index is 4.80. The van der Waals surface area contributed by atoms with Gasteiger partial charge in [0, 0.05) is 31.5 Å². The molecule has 0 unspecified atom stereocenters. The Morgan fingerprint density at radius 1 is 1.15 bits per heavy atom. The summed E-state index contributed by atoms with van der Waals surface area (Å²) < 4.78 is 2.08. The molecule has 26 heavy (non-hydrogen) atoms. The Hall–Kier alpha value is -2.37. The Labute approximate surface area is 157 Å². The highest BCUT2D eigenvalue weighted by molar-refractivity contribution is 5.79. The Balaban J connectivity index is 1.95. The van der Waals surface area contributed by atoms with Crippen LogP contribution in [0.3, 0.4) is 0 Å². The predicted molar refractivity (Wildman–Crippen MR) is 108 cm³/mol. The van der Waals surface area contributed by atoms with Crippen LogP contribution in [-0.2, 0) is 18.4 Å². The number of rotatable bonds is 8. The van der Waals surface area contributed by atoms with Crippen molar-refractivity contribution in [3.8, 4) is 0 Å². The first-order valence-corrected chi connectivity index (χ1v) is 9.42. The number of benzene rings is 1. The second-order valence-corrected chi connectivity index (χ2v) is 7.17. The number of aromatic nitrogens is 3. The van der Waals surface area contributed by atoms with Crippen LogP contribution >= 0.6 is 0 Å². The Morgan fingerprint density at radius 2 is 1.88 bits per heavy atom. The average molecular weight is 357 g/mol. The van der Waals surface area contributed by atoms with E-state index in [0.29, 0.717) is 0 Å². The fourth-order valence-corrected chi connectivity index (χ4v) is 2.75. The van der Waals surface area contributed by atoms with Crippen LogP contribution in [0.1, 0.15) is 44.6 Å². The summed E-state index contributed by atoms with van der Waals surface area (Å²) in [5.41, 5.74) is 2.57. The molecule has 0 saturated heterocycles. The van der Waals surface area contributed by atoms with E-state index in [2.05, 4.69) is 84.3 Å². The molecule has 2 rings (SSSR count). The second-order valence-electron chi connectivity index (χ2n) is 7.17. The van der Waals surface area contributed by atoms with Gasteiger partial charge in [0.05, 0.1) is 6.54 Å². The van der Waals surface area contributed by atoms with E-state index in [4.69, 9.17) is 4.99 Å². The van der Waals surface area contributed by atoms with E-state index in [1.807, 2.05) is 0 Å². The van der Waals surface area contributed by atoms with Gasteiger partial charge in [-0.15, -0.1) is 10.2 Å². The first-order chi connectivity index (χ1) is 12.5. The normalized spacial score (nSPS) is 12.3. The van der Waals surface area contributed by atoms with Crippen LogP contribution in [0.25, 0.3) is 0 Å². The van der Waals surface area contributed by atoms with Gasteiger partial charge >= 0.3 is 0 Å². The van der Waals surface area contributed by atoms with E-state index in [9.17, 15) is 0 Å². The lowest BCUT2D eigenvalue weighted by Gasteiger charge is -2.24. The minimum atomic E-state index is -0.0142. The molecule has 0 bridgehead atoms. The first-order valence-electron chi connectivity index (χ1n) is 9.42. The maximum Gasteiger partial charge on any atom is 0.191 e. The van der Waals surface area contributed by atoms with Crippen molar-refractivity contribution in [3.05, 3.63) is 47.5 Å². The molecule has 0 amide bonds. The molecule has 1 aromatic heterocycles. The number of aryl methyl sites for hydroxylation is 2. The molecular formula is C20H32N6. The molecule has 2 aromatic rings. The van der Waals surface area contributed by atoms with Crippen LogP contribution < -0.4 is 10.6 Å². The van der Waals surface area contributed by atoms with E-state index >= 15 is 0 Å². The van der Waals surface area contributed by atoms with E-state index in [-0.39, 0.29) is 5.41 Å². The van der Waals surface area contributed by atoms with Gasteiger partial charge in [0.2, 0.25) is 0 Å². The van der Waals surface area contributed by atoms with Crippen LogP contribution in [0.15, 0.2) is 35.6 Å². The highest BCUT2D eigenvalue weighted by Gasteiger charge is 2.20. The minimum absolute atomic E-state index is 0.0142. The SMILES string of the molecule is CCNC(=NCC(C)(C)c1ccc(C)cc1)NCCn1cnnc1CC. The Bertz CT molecular complexity index is 699. The molecule has 0 aliphatic rings. The quantitative estimate of drug-likeness (QED) is 0.564. The van der Waals surface area contributed by atoms with E-state index < -0.39 is 0 Å². The largest absolute Gasteiger partial charge is 0.357 e. The summed E-state index contributed by atoms with van der Waals surface area (Å²) in [5, 5.41) is 14.8. The molecule has 6 heteroatoms. The summed E-state index contributed by atoms with van der Waals surface area (Å²) in [7, 11) is 0. The number of hydrogen-bond acceptors (Lipinski definition) is 3. The Kier molecular flexibility index (Phi) is 7.18. The summed E-state index contributed by atoms with van der Waals surface area (Å²) in [6.45, 7) is 13.9. The van der Waals surface area contributed by atoms with Crippen molar-refractivity contribution in [2.75, 3.05) is 19.6 Å². The lowest BCUT2D eigenvalue weighted by Crippen LogP contribution is -2.40. The summed E-state index contributed by atoms with van der Waals surface area (Å²) in [4.78, 5) is 4.80. The minimum Gasteiger partial charge on any atom is -0.357 e. The number of nitrogens with zero attached hydrogens (tertiary/aromatic N) is 4. The summed E-state index contributed by atoms with van der Waals surface area (Å²) in [6.07, 6.45) is 2.67. The number of nitrogens with one attached hydrogen (secondary N) is 2. The number of hydrogen-bond donors (Lipinski definition) is 2. The van der Waals surface area contributed by atoms with Crippen molar-refractivity contribution in [2.24, 2.45) is 4.99 Å². The third-order valence-electron chi connectivity index (χ3n) is 4.47. The van der Waals surface area contributed by atoms with Crippen molar-refractivity contribution in [2.45, 2.75) is 53.0 Å². The zero-order valence-corrected chi connectivity index (χ0v) is 16.7. The van der Waals surface area contributed by atoms with E-state index in [1.54, 1.807) is 6.33 Å². The molecule has 1 aromatic carbocycles. The van der Waals surface area contributed by atoms with Gasteiger partial charge in [-0.25, -0.2) is 0 Å². The van der Waals surface area contributed by atoms with Crippen LogP contribution in [0.4, 0.5) is 0 Å². The van der Waals surface area contributed by atoms with Gasteiger partial charge < -0.3 is 15.2 Å². The van der Waals surface area contributed by atoms with Gasteiger partial charge in [0.25, 0.3) is 0 Å². The summed E-state index contributed by atoms with van der Waals surface area (Å²) >= 11 is 0. The fraction of sp³-hybridized carbons (Fsp3) is 0.550. The van der Waals surface area contributed by atoms with Crippen molar-refractivity contribution in [1.82, 2.24) is 25.4 Å². The Morgan fingerprint density at radius 3 is 2.54 bits per heavy atom. The van der Waals surface area contributed by atoms with Crippen molar-refractivity contribution < 1.29 is 0 Å². The molecule has 0 atom stereocenters. The van der Waals surface area contributed by atoms with Gasteiger partial charge in [-0.1, -0.05) is 50.6 Å². The standard InChI is InChI=1S/C20H32N6/c1-6-18-25-24-15-26(18)13-12-22-19(21-7-2)23-14-20(4,5)17-10-8-16(3)9-11-17/h8-11,15H,6-7,12-14H2,1-5H3,(H2,21,22,23). The zero-order chi connectivity index (χ0) is 19.0. The van der Waals surface area contributed by atoms with Gasteiger partial charge in [0.1, 0.15) is 12.2 Å². The van der Waals surface area contributed by atoms with Gasteiger partial charge in [-0.3, -0.25) is 4.99 Å². The van der Waals surface area contributed by atoms with Crippen molar-refractivity contribution in [3.63, 3.8) is 0 Å². The van der Waals surface area contributed by atoms with E-state index in [0.717, 1.165) is 44.4 Å². The van der Waals surface area contributed by atoms with Crippen LogP contribution in [-0.4, -0.2) is 40.4 Å². The number of guanidine groups is 1. The molecule has 0 radical (unpaired) electrons. The predicted octanol–water partition coefficient (Wildman–Crippen LogP) is 2.68. The molecule has 2 N–H and O–H groups in total. The molecule has 0 fully saturated rings. The first kappa shape index (κ1) is 19.9. The molecule has 6 nitrogen and oxygen atoms in total. The maximum atomic E-state index is 4.80. The third-order valence-corrected chi connectivity index (χ3v) is 4.47. The molecule has 142 valence electrons. The lowest BCUT2D eigenvalue weighted by atomic mass is 9.84. The molecule has 1 heterocycles.